The van der Waals surface area contributed by atoms with E-state index in [2.05, 4.69) is 13.0 Å². The predicted octanol–water partition coefficient (Wildman–Crippen LogP) is -0.700. The molecule has 0 saturated carbocycles. The second-order valence-corrected chi connectivity index (χ2v) is 6.89. The van der Waals surface area contributed by atoms with Gasteiger partial charge >= 0.3 is 0 Å². The van der Waals surface area contributed by atoms with E-state index in [0.29, 0.717) is 0 Å². The lowest BCUT2D eigenvalue weighted by Crippen LogP contribution is -2.59. The maximum Gasteiger partial charge on any atom is 0.186 e. The standard InChI is InChI=1S/C16H28O7/c1-9-3-5-10(6-4-9)16(2,21)8-22-15-14(20)13(19)12(18)11(7-17)23-15/h3,10-15,17-21H,4-8H2,1-2H3/t10-,11-,12-,13+,14-,15-,16?/m1/s1. The zero-order valence-electron chi connectivity index (χ0n) is 13.6. The number of aliphatic hydroxyl groups excluding tert-OH is 4. The molecule has 1 saturated heterocycles. The molecule has 134 valence electrons. The molecule has 0 aromatic carbocycles. The van der Waals surface area contributed by atoms with Gasteiger partial charge in [-0.15, -0.1) is 0 Å². The first kappa shape index (κ1) is 18.8. The fourth-order valence-electron chi connectivity index (χ4n) is 3.10. The van der Waals surface area contributed by atoms with Crippen LogP contribution in [-0.4, -0.2) is 75.1 Å². The summed E-state index contributed by atoms with van der Waals surface area (Å²) >= 11 is 0. The van der Waals surface area contributed by atoms with Crippen LogP contribution in [0.3, 0.4) is 0 Å². The monoisotopic (exact) mass is 332 g/mol. The minimum Gasteiger partial charge on any atom is -0.394 e. The largest absolute Gasteiger partial charge is 0.394 e. The van der Waals surface area contributed by atoms with Crippen molar-refractivity contribution in [2.45, 2.75) is 69.4 Å². The molecule has 7 nitrogen and oxygen atoms in total. The Balaban J connectivity index is 1.93. The molecule has 1 heterocycles. The molecule has 0 radical (unpaired) electrons. The Morgan fingerprint density at radius 2 is 1.96 bits per heavy atom. The van der Waals surface area contributed by atoms with Crippen LogP contribution in [0.2, 0.25) is 0 Å². The van der Waals surface area contributed by atoms with Crippen molar-refractivity contribution in [2.24, 2.45) is 5.92 Å². The van der Waals surface area contributed by atoms with Crippen molar-refractivity contribution in [1.29, 1.82) is 0 Å². The highest BCUT2D eigenvalue weighted by molar-refractivity contribution is 5.05. The van der Waals surface area contributed by atoms with E-state index in [1.807, 2.05) is 0 Å². The molecule has 5 N–H and O–H groups in total. The molecular weight excluding hydrogens is 304 g/mol. The molecule has 23 heavy (non-hydrogen) atoms. The maximum absolute atomic E-state index is 10.6. The van der Waals surface area contributed by atoms with Crippen molar-refractivity contribution >= 4 is 0 Å². The Labute approximate surface area is 136 Å². The molecule has 0 spiro atoms. The molecule has 2 aliphatic rings. The van der Waals surface area contributed by atoms with Crippen LogP contribution in [0.5, 0.6) is 0 Å². The van der Waals surface area contributed by atoms with Crippen molar-refractivity contribution in [3.05, 3.63) is 11.6 Å². The average molecular weight is 332 g/mol. The molecule has 7 atom stereocenters. The van der Waals surface area contributed by atoms with Crippen LogP contribution in [-0.2, 0) is 9.47 Å². The molecular formula is C16H28O7. The van der Waals surface area contributed by atoms with Crippen LogP contribution in [0.4, 0.5) is 0 Å². The van der Waals surface area contributed by atoms with E-state index in [1.165, 1.54) is 5.57 Å². The van der Waals surface area contributed by atoms with E-state index in [-0.39, 0.29) is 12.5 Å². The zero-order valence-corrected chi connectivity index (χ0v) is 13.6. The summed E-state index contributed by atoms with van der Waals surface area (Å²) in [5, 5.41) is 49.2. The summed E-state index contributed by atoms with van der Waals surface area (Å²) in [6.07, 6.45) is -1.90. The number of hydrogen-bond donors (Lipinski definition) is 5. The van der Waals surface area contributed by atoms with Crippen LogP contribution >= 0.6 is 0 Å². The average Bonchev–Trinajstić information content (AvgIpc) is 2.52. The molecule has 1 aliphatic heterocycles. The minimum absolute atomic E-state index is 0.0380. The third kappa shape index (κ3) is 4.30. The Morgan fingerprint density at radius 3 is 2.52 bits per heavy atom. The molecule has 0 aromatic heterocycles. The van der Waals surface area contributed by atoms with Gasteiger partial charge in [-0.25, -0.2) is 0 Å². The lowest BCUT2D eigenvalue weighted by atomic mass is 9.79. The van der Waals surface area contributed by atoms with Crippen molar-refractivity contribution in [2.75, 3.05) is 13.2 Å². The first-order valence-corrected chi connectivity index (χ1v) is 8.06. The van der Waals surface area contributed by atoms with Gasteiger partial charge < -0.3 is 35.0 Å². The van der Waals surface area contributed by atoms with Crippen molar-refractivity contribution in [1.82, 2.24) is 0 Å². The molecule has 7 heteroatoms. The third-order valence-corrected chi connectivity index (χ3v) is 4.91. The van der Waals surface area contributed by atoms with Gasteiger partial charge in [0.1, 0.15) is 24.4 Å². The van der Waals surface area contributed by atoms with Crippen molar-refractivity contribution in [3.63, 3.8) is 0 Å². The molecule has 0 bridgehead atoms. The highest BCUT2D eigenvalue weighted by Gasteiger charge is 2.45. The number of allylic oxidation sites excluding steroid dienone is 2. The van der Waals surface area contributed by atoms with Gasteiger partial charge in [-0.3, -0.25) is 0 Å². The second kappa shape index (κ2) is 7.57. The molecule has 2 rings (SSSR count). The minimum atomic E-state index is -1.48. The Morgan fingerprint density at radius 1 is 1.26 bits per heavy atom. The first-order valence-electron chi connectivity index (χ1n) is 8.06. The second-order valence-electron chi connectivity index (χ2n) is 6.89. The molecule has 0 aromatic rings. The number of rotatable bonds is 5. The van der Waals surface area contributed by atoms with Gasteiger partial charge in [-0.2, -0.15) is 0 Å². The van der Waals surface area contributed by atoms with Crippen LogP contribution in [0.1, 0.15) is 33.1 Å². The number of aliphatic hydroxyl groups is 5. The van der Waals surface area contributed by atoms with E-state index in [9.17, 15) is 20.4 Å². The molecule has 1 fully saturated rings. The topological polar surface area (TPSA) is 120 Å². The SMILES string of the molecule is CC1=CC[C@@H](C(C)(O)CO[C@@H]2O[C@H](CO)[C@@H](O)[C@H](O)[C@H]2O)CC1. The highest BCUT2D eigenvalue weighted by atomic mass is 16.7. The zero-order chi connectivity index (χ0) is 17.2. The van der Waals surface area contributed by atoms with E-state index >= 15 is 0 Å². The van der Waals surface area contributed by atoms with Gasteiger partial charge in [-0.1, -0.05) is 11.6 Å². The number of hydrogen-bond acceptors (Lipinski definition) is 7. The predicted molar refractivity (Wildman–Crippen MR) is 81.4 cm³/mol. The lowest BCUT2D eigenvalue weighted by molar-refractivity contribution is -0.309. The van der Waals surface area contributed by atoms with Gasteiger partial charge in [0.25, 0.3) is 0 Å². The molecule has 1 aliphatic carbocycles. The lowest BCUT2D eigenvalue weighted by Gasteiger charge is -2.41. The Hall–Kier alpha value is -0.540. The number of ether oxygens (including phenoxy) is 2. The normalized spacial score (nSPS) is 41.3. The summed E-state index contributed by atoms with van der Waals surface area (Å²) in [4.78, 5) is 0. The van der Waals surface area contributed by atoms with Crippen molar-refractivity contribution < 1.29 is 35.0 Å². The first-order chi connectivity index (χ1) is 10.8. The quantitative estimate of drug-likeness (QED) is 0.422. The summed E-state index contributed by atoms with van der Waals surface area (Å²) < 4.78 is 10.7. The fourth-order valence-corrected chi connectivity index (χ4v) is 3.10. The van der Waals surface area contributed by atoms with Crippen LogP contribution in [0.15, 0.2) is 11.6 Å². The summed E-state index contributed by atoms with van der Waals surface area (Å²) in [7, 11) is 0. The van der Waals surface area contributed by atoms with Crippen LogP contribution in [0.25, 0.3) is 0 Å². The van der Waals surface area contributed by atoms with Gasteiger partial charge in [0.05, 0.1) is 18.8 Å². The van der Waals surface area contributed by atoms with Crippen LogP contribution < -0.4 is 0 Å². The van der Waals surface area contributed by atoms with E-state index < -0.39 is 42.9 Å². The summed E-state index contributed by atoms with van der Waals surface area (Å²) in [6, 6.07) is 0. The third-order valence-electron chi connectivity index (χ3n) is 4.91. The van der Waals surface area contributed by atoms with Gasteiger partial charge in [-0.05, 0) is 39.0 Å². The Kier molecular flexibility index (Phi) is 6.18. The van der Waals surface area contributed by atoms with Gasteiger partial charge in [0.15, 0.2) is 6.29 Å². The fraction of sp³-hybridized carbons (Fsp3) is 0.875. The van der Waals surface area contributed by atoms with Crippen molar-refractivity contribution in [3.8, 4) is 0 Å². The van der Waals surface area contributed by atoms with E-state index in [1.54, 1.807) is 6.92 Å². The highest BCUT2D eigenvalue weighted by Crippen LogP contribution is 2.33. The van der Waals surface area contributed by atoms with Crippen LogP contribution in [0, 0.1) is 5.92 Å². The van der Waals surface area contributed by atoms with E-state index in [0.717, 1.165) is 19.3 Å². The van der Waals surface area contributed by atoms with Gasteiger partial charge in [0.2, 0.25) is 0 Å². The maximum atomic E-state index is 10.6. The summed E-state index contributed by atoms with van der Waals surface area (Å²) in [5.41, 5.74) is 0.211. The molecule has 1 unspecified atom stereocenters. The smallest absolute Gasteiger partial charge is 0.186 e. The van der Waals surface area contributed by atoms with Gasteiger partial charge in [0, 0.05) is 0 Å². The summed E-state index contributed by atoms with van der Waals surface area (Å²) in [5.74, 6) is 0.0380. The Bertz CT molecular complexity index is 421. The molecule has 0 amide bonds. The summed E-state index contributed by atoms with van der Waals surface area (Å²) in [6.45, 7) is 3.16. The van der Waals surface area contributed by atoms with E-state index in [4.69, 9.17) is 14.6 Å².